The van der Waals surface area contributed by atoms with Gasteiger partial charge in [-0.15, -0.1) is 0 Å². The molecular formula is C15H17N5O3S. The molecule has 0 radical (unpaired) electrons. The lowest BCUT2D eigenvalue weighted by Crippen LogP contribution is -2.61. The van der Waals surface area contributed by atoms with E-state index >= 15 is 0 Å². The summed E-state index contributed by atoms with van der Waals surface area (Å²) in [4.78, 5) is 14.0. The monoisotopic (exact) mass is 347 g/mol. The summed E-state index contributed by atoms with van der Waals surface area (Å²) in [5.74, 6) is 2.11. The first-order valence-electron chi connectivity index (χ1n) is 7.60. The van der Waals surface area contributed by atoms with Gasteiger partial charge in [-0.3, -0.25) is 0 Å². The zero-order valence-electron chi connectivity index (χ0n) is 12.9. The van der Waals surface area contributed by atoms with Gasteiger partial charge in [0.1, 0.15) is 23.0 Å². The van der Waals surface area contributed by atoms with Crippen molar-refractivity contribution in [3.63, 3.8) is 0 Å². The highest BCUT2D eigenvalue weighted by atomic mass is 32.2. The SMILES string of the molecule is OCCNc1cnc(Sc2ccnc3c2OCC2(COC2)N3)cn1. The fraction of sp³-hybridized carbons (Fsp3) is 0.400. The second kappa shape index (κ2) is 6.42. The summed E-state index contributed by atoms with van der Waals surface area (Å²) >= 11 is 1.47. The van der Waals surface area contributed by atoms with Crippen LogP contribution >= 0.6 is 11.8 Å². The predicted octanol–water partition coefficient (Wildman–Crippen LogP) is 1.00. The van der Waals surface area contributed by atoms with Crippen molar-refractivity contribution in [3.05, 3.63) is 24.7 Å². The Bertz CT molecular complexity index is 724. The Morgan fingerprint density at radius 3 is 2.88 bits per heavy atom. The molecule has 0 atom stereocenters. The van der Waals surface area contributed by atoms with Crippen molar-refractivity contribution in [1.29, 1.82) is 0 Å². The second-order valence-corrected chi connectivity index (χ2v) is 6.73. The molecule has 8 nitrogen and oxygen atoms in total. The molecule has 0 aromatic carbocycles. The van der Waals surface area contributed by atoms with E-state index in [1.807, 2.05) is 6.07 Å². The molecule has 9 heteroatoms. The highest BCUT2D eigenvalue weighted by molar-refractivity contribution is 7.99. The Labute approximate surface area is 143 Å². The molecule has 1 saturated heterocycles. The smallest absolute Gasteiger partial charge is 0.175 e. The number of aliphatic hydroxyl groups is 1. The number of aromatic nitrogens is 3. The van der Waals surface area contributed by atoms with Crippen molar-refractivity contribution in [2.45, 2.75) is 15.5 Å². The molecule has 126 valence electrons. The number of fused-ring (bicyclic) bond motifs is 1. The third-order valence-electron chi connectivity index (χ3n) is 3.76. The van der Waals surface area contributed by atoms with Gasteiger partial charge in [0.2, 0.25) is 0 Å². The Balaban J connectivity index is 1.50. The van der Waals surface area contributed by atoms with Crippen molar-refractivity contribution in [3.8, 4) is 5.75 Å². The van der Waals surface area contributed by atoms with Crippen LogP contribution < -0.4 is 15.4 Å². The van der Waals surface area contributed by atoms with Crippen molar-refractivity contribution in [2.75, 3.05) is 43.6 Å². The zero-order chi connectivity index (χ0) is 16.4. The maximum Gasteiger partial charge on any atom is 0.175 e. The van der Waals surface area contributed by atoms with Gasteiger partial charge in [-0.2, -0.15) is 0 Å². The predicted molar refractivity (Wildman–Crippen MR) is 88.6 cm³/mol. The largest absolute Gasteiger partial charge is 0.486 e. The van der Waals surface area contributed by atoms with Crippen LogP contribution in [-0.4, -0.2) is 58.6 Å². The third kappa shape index (κ3) is 2.97. The molecule has 0 saturated carbocycles. The molecule has 0 aliphatic carbocycles. The van der Waals surface area contributed by atoms with Crippen molar-refractivity contribution in [1.82, 2.24) is 15.0 Å². The molecule has 2 aliphatic heterocycles. The van der Waals surface area contributed by atoms with Gasteiger partial charge >= 0.3 is 0 Å². The first kappa shape index (κ1) is 15.4. The lowest BCUT2D eigenvalue weighted by Gasteiger charge is -2.44. The molecule has 0 unspecified atom stereocenters. The first-order valence-corrected chi connectivity index (χ1v) is 8.42. The van der Waals surface area contributed by atoms with Gasteiger partial charge in [-0.05, 0) is 6.07 Å². The van der Waals surface area contributed by atoms with Gasteiger partial charge in [0.25, 0.3) is 0 Å². The van der Waals surface area contributed by atoms with E-state index < -0.39 is 0 Å². The number of anilines is 2. The summed E-state index contributed by atoms with van der Waals surface area (Å²) < 4.78 is 11.2. The van der Waals surface area contributed by atoms with Crippen LogP contribution in [-0.2, 0) is 4.74 Å². The lowest BCUT2D eigenvalue weighted by atomic mass is 9.97. The highest BCUT2D eigenvalue weighted by Gasteiger charge is 2.43. The summed E-state index contributed by atoms with van der Waals surface area (Å²) in [5.41, 5.74) is -0.136. The Hall–Kier alpha value is -2.10. The van der Waals surface area contributed by atoms with Crippen LogP contribution in [0.5, 0.6) is 5.75 Å². The van der Waals surface area contributed by atoms with E-state index in [1.165, 1.54) is 11.8 Å². The van der Waals surface area contributed by atoms with Gasteiger partial charge in [0.05, 0.1) is 37.1 Å². The summed E-state index contributed by atoms with van der Waals surface area (Å²) in [6.45, 7) is 2.34. The minimum Gasteiger partial charge on any atom is -0.486 e. The molecule has 3 N–H and O–H groups in total. The van der Waals surface area contributed by atoms with Crippen LogP contribution in [0, 0.1) is 0 Å². The molecule has 4 heterocycles. The molecule has 4 rings (SSSR count). The van der Waals surface area contributed by atoms with Crippen molar-refractivity contribution >= 4 is 23.4 Å². The van der Waals surface area contributed by atoms with E-state index in [4.69, 9.17) is 14.6 Å². The number of nitrogens with one attached hydrogen (secondary N) is 2. The lowest BCUT2D eigenvalue weighted by molar-refractivity contribution is -0.0652. The molecule has 0 amide bonds. The Kier molecular flexibility index (Phi) is 4.13. The second-order valence-electron chi connectivity index (χ2n) is 5.67. The summed E-state index contributed by atoms with van der Waals surface area (Å²) in [5, 5.41) is 16.0. The highest BCUT2D eigenvalue weighted by Crippen LogP contribution is 2.42. The zero-order valence-corrected chi connectivity index (χ0v) is 13.7. The Morgan fingerprint density at radius 1 is 1.25 bits per heavy atom. The van der Waals surface area contributed by atoms with Crippen LogP contribution in [0.1, 0.15) is 0 Å². The Morgan fingerprint density at radius 2 is 2.17 bits per heavy atom. The standard InChI is InChI=1S/C15H17N5O3S/c21-4-3-16-11-5-19-12(6-18-11)24-10-1-2-17-14-13(10)23-9-15(20-14)7-22-8-15/h1-2,5-6,21H,3-4,7-9H2,(H,16,18)(H,17,20). The number of nitrogens with zero attached hydrogens (tertiary/aromatic N) is 3. The molecule has 0 bridgehead atoms. The molecule has 2 aromatic rings. The number of hydrogen-bond acceptors (Lipinski definition) is 9. The number of aliphatic hydroxyl groups excluding tert-OH is 1. The van der Waals surface area contributed by atoms with E-state index in [1.54, 1.807) is 18.6 Å². The average molecular weight is 347 g/mol. The summed E-state index contributed by atoms with van der Waals surface area (Å²) in [7, 11) is 0. The van der Waals surface area contributed by atoms with E-state index in [0.29, 0.717) is 32.2 Å². The topological polar surface area (TPSA) is 101 Å². The fourth-order valence-corrected chi connectivity index (χ4v) is 3.31. The molecule has 2 aliphatic rings. The van der Waals surface area contributed by atoms with Gasteiger partial charge < -0.3 is 25.2 Å². The first-order chi connectivity index (χ1) is 11.8. The molecule has 24 heavy (non-hydrogen) atoms. The number of rotatable bonds is 5. The van der Waals surface area contributed by atoms with Gasteiger partial charge in [0, 0.05) is 12.7 Å². The van der Waals surface area contributed by atoms with E-state index in [9.17, 15) is 0 Å². The number of pyridine rings is 1. The molecule has 1 spiro atoms. The van der Waals surface area contributed by atoms with Gasteiger partial charge in [0.15, 0.2) is 11.6 Å². The molecular weight excluding hydrogens is 330 g/mol. The van der Waals surface area contributed by atoms with E-state index in [0.717, 1.165) is 21.5 Å². The number of hydrogen-bond donors (Lipinski definition) is 3. The van der Waals surface area contributed by atoms with Crippen LogP contribution in [0.25, 0.3) is 0 Å². The van der Waals surface area contributed by atoms with Gasteiger partial charge in [-0.25, -0.2) is 15.0 Å². The molecule has 1 fully saturated rings. The van der Waals surface area contributed by atoms with Crippen molar-refractivity contribution in [2.24, 2.45) is 0 Å². The minimum absolute atomic E-state index is 0.0538. The third-order valence-corrected chi connectivity index (χ3v) is 4.72. The van der Waals surface area contributed by atoms with Crippen LogP contribution in [0.3, 0.4) is 0 Å². The van der Waals surface area contributed by atoms with E-state index in [2.05, 4.69) is 25.6 Å². The summed E-state index contributed by atoms with van der Waals surface area (Å²) in [6.07, 6.45) is 5.08. The van der Waals surface area contributed by atoms with Crippen LogP contribution in [0.15, 0.2) is 34.6 Å². The minimum atomic E-state index is -0.136. The fourth-order valence-electron chi connectivity index (χ4n) is 2.50. The quantitative estimate of drug-likeness (QED) is 0.731. The maximum absolute atomic E-state index is 8.80. The average Bonchev–Trinajstić information content (AvgIpc) is 2.59. The van der Waals surface area contributed by atoms with Crippen LogP contribution in [0.4, 0.5) is 11.6 Å². The summed E-state index contributed by atoms with van der Waals surface area (Å²) in [6, 6.07) is 1.90. The van der Waals surface area contributed by atoms with Gasteiger partial charge in [-0.1, -0.05) is 11.8 Å². The van der Waals surface area contributed by atoms with Crippen molar-refractivity contribution < 1.29 is 14.6 Å². The molecule has 2 aromatic heterocycles. The maximum atomic E-state index is 8.80. The van der Waals surface area contributed by atoms with E-state index in [-0.39, 0.29) is 12.1 Å². The number of ether oxygens (including phenoxy) is 2. The van der Waals surface area contributed by atoms with Crippen LogP contribution in [0.2, 0.25) is 0 Å². The normalized spacial score (nSPS) is 17.4.